The quantitative estimate of drug-likeness (QED) is 0.712. The molecule has 2 rings (SSSR count). The second-order valence-electron chi connectivity index (χ2n) is 4.10. The Balaban J connectivity index is 2.09. The third-order valence-corrected chi connectivity index (χ3v) is 2.95. The van der Waals surface area contributed by atoms with Crippen molar-refractivity contribution >= 4 is 17.4 Å². The van der Waals surface area contributed by atoms with E-state index < -0.39 is 0 Å². The molecule has 0 unspecified atom stereocenters. The Bertz CT molecular complexity index is 323. The van der Waals surface area contributed by atoms with Gasteiger partial charge in [-0.3, -0.25) is 0 Å². The number of aromatic nitrogens is 1. The first-order valence-corrected chi connectivity index (χ1v) is 6.08. The molecular weight excluding hydrogens is 208 g/mol. The molecule has 1 aliphatic carbocycles. The summed E-state index contributed by atoms with van der Waals surface area (Å²) in [5.74, 6) is 1.04. The summed E-state index contributed by atoms with van der Waals surface area (Å²) in [6, 6.07) is 6.57. The lowest BCUT2D eigenvalue weighted by molar-refractivity contribution is 0.705. The summed E-state index contributed by atoms with van der Waals surface area (Å²) in [5, 5.41) is 0.592. The average Bonchev–Trinajstić information content (AvgIpc) is 3.03. The fourth-order valence-corrected chi connectivity index (χ4v) is 1.92. The van der Waals surface area contributed by atoms with Gasteiger partial charge in [0.25, 0.3) is 0 Å². The first-order chi connectivity index (χ1) is 7.31. The number of hydrogen-bond acceptors (Lipinski definition) is 2. The van der Waals surface area contributed by atoms with E-state index in [1.54, 1.807) is 0 Å². The van der Waals surface area contributed by atoms with Gasteiger partial charge >= 0.3 is 0 Å². The third kappa shape index (κ3) is 2.85. The van der Waals surface area contributed by atoms with Crippen LogP contribution < -0.4 is 4.90 Å². The van der Waals surface area contributed by atoms with E-state index >= 15 is 0 Å². The van der Waals surface area contributed by atoms with E-state index in [1.165, 1.54) is 25.7 Å². The maximum Gasteiger partial charge on any atom is 0.131 e. The van der Waals surface area contributed by atoms with Gasteiger partial charge in [0.05, 0.1) is 0 Å². The third-order valence-electron chi connectivity index (χ3n) is 2.73. The topological polar surface area (TPSA) is 16.1 Å². The van der Waals surface area contributed by atoms with Gasteiger partial charge in [-0.1, -0.05) is 31.0 Å². The van der Waals surface area contributed by atoms with Crippen LogP contribution in [-0.4, -0.2) is 17.6 Å². The molecule has 1 heterocycles. The summed E-state index contributed by atoms with van der Waals surface area (Å²) in [6.45, 7) is 3.32. The van der Waals surface area contributed by atoms with E-state index in [0.29, 0.717) is 11.2 Å². The van der Waals surface area contributed by atoms with Crippen LogP contribution in [0.5, 0.6) is 0 Å². The van der Waals surface area contributed by atoms with Crippen molar-refractivity contribution in [3.05, 3.63) is 23.4 Å². The minimum Gasteiger partial charge on any atom is -0.354 e. The molecule has 0 saturated heterocycles. The van der Waals surface area contributed by atoms with E-state index in [4.69, 9.17) is 11.6 Å². The fraction of sp³-hybridized carbons (Fsp3) is 0.583. The minimum absolute atomic E-state index is 0.592. The zero-order chi connectivity index (χ0) is 10.7. The minimum atomic E-state index is 0.592. The molecule has 0 aromatic carbocycles. The van der Waals surface area contributed by atoms with Crippen molar-refractivity contribution in [3.63, 3.8) is 0 Å². The van der Waals surface area contributed by atoms with Gasteiger partial charge in [-0.25, -0.2) is 4.98 Å². The Morgan fingerprint density at radius 3 is 2.87 bits per heavy atom. The Hall–Kier alpha value is -0.760. The molecule has 15 heavy (non-hydrogen) atoms. The fourth-order valence-electron chi connectivity index (χ4n) is 1.76. The highest BCUT2D eigenvalue weighted by Gasteiger charge is 2.29. The van der Waals surface area contributed by atoms with Gasteiger partial charge in [-0.15, -0.1) is 0 Å². The second kappa shape index (κ2) is 4.84. The van der Waals surface area contributed by atoms with Crippen LogP contribution in [0.2, 0.25) is 5.15 Å². The van der Waals surface area contributed by atoms with E-state index in [0.717, 1.165) is 12.4 Å². The SMILES string of the molecule is CCCCN(c1cccc(Cl)n1)C1CC1. The normalized spacial score (nSPS) is 15.3. The average molecular weight is 225 g/mol. The first-order valence-electron chi connectivity index (χ1n) is 5.70. The number of unbranched alkanes of at least 4 members (excludes halogenated alkanes) is 1. The molecule has 0 aliphatic heterocycles. The van der Waals surface area contributed by atoms with E-state index in [-0.39, 0.29) is 0 Å². The Morgan fingerprint density at radius 2 is 2.27 bits per heavy atom. The lowest BCUT2D eigenvalue weighted by atomic mass is 10.3. The van der Waals surface area contributed by atoms with Crippen LogP contribution in [0.4, 0.5) is 5.82 Å². The zero-order valence-electron chi connectivity index (χ0n) is 9.12. The van der Waals surface area contributed by atoms with Crippen LogP contribution in [0, 0.1) is 0 Å². The standard InChI is InChI=1S/C12H17ClN2/c1-2-3-9-15(10-7-8-10)12-6-4-5-11(13)14-12/h4-6,10H,2-3,7-9H2,1H3. The zero-order valence-corrected chi connectivity index (χ0v) is 9.87. The molecule has 0 atom stereocenters. The van der Waals surface area contributed by atoms with Crippen LogP contribution >= 0.6 is 11.6 Å². The first kappa shape index (κ1) is 10.7. The Morgan fingerprint density at radius 1 is 1.47 bits per heavy atom. The van der Waals surface area contributed by atoms with Crippen LogP contribution in [0.1, 0.15) is 32.6 Å². The van der Waals surface area contributed by atoms with Crippen LogP contribution in [0.3, 0.4) is 0 Å². The molecule has 0 N–H and O–H groups in total. The molecule has 1 aromatic rings. The number of anilines is 1. The van der Waals surface area contributed by atoms with Gasteiger partial charge in [-0.05, 0) is 31.4 Å². The molecule has 0 spiro atoms. The van der Waals surface area contributed by atoms with Crippen LogP contribution in [0.15, 0.2) is 18.2 Å². The summed E-state index contributed by atoms with van der Waals surface area (Å²) in [6.07, 6.45) is 5.06. The van der Waals surface area contributed by atoms with E-state index in [2.05, 4.69) is 22.9 Å². The Labute approximate surface area is 96.3 Å². The van der Waals surface area contributed by atoms with Crippen molar-refractivity contribution in [2.24, 2.45) is 0 Å². The van der Waals surface area contributed by atoms with Crippen molar-refractivity contribution in [2.75, 3.05) is 11.4 Å². The predicted octanol–water partition coefficient (Wildman–Crippen LogP) is 3.50. The maximum atomic E-state index is 5.91. The van der Waals surface area contributed by atoms with E-state index in [1.807, 2.05) is 12.1 Å². The van der Waals surface area contributed by atoms with Crippen molar-refractivity contribution in [2.45, 2.75) is 38.6 Å². The van der Waals surface area contributed by atoms with Crippen LogP contribution in [-0.2, 0) is 0 Å². The maximum absolute atomic E-state index is 5.91. The summed E-state index contributed by atoms with van der Waals surface area (Å²) in [4.78, 5) is 6.78. The van der Waals surface area contributed by atoms with E-state index in [9.17, 15) is 0 Å². The van der Waals surface area contributed by atoms with Gasteiger partial charge in [0.15, 0.2) is 0 Å². The highest BCUT2D eigenvalue weighted by molar-refractivity contribution is 6.29. The van der Waals surface area contributed by atoms with Crippen molar-refractivity contribution in [1.29, 1.82) is 0 Å². The molecule has 1 saturated carbocycles. The number of halogens is 1. The van der Waals surface area contributed by atoms with Gasteiger partial charge in [-0.2, -0.15) is 0 Å². The summed E-state index contributed by atoms with van der Waals surface area (Å²) < 4.78 is 0. The summed E-state index contributed by atoms with van der Waals surface area (Å²) in [5.41, 5.74) is 0. The summed E-state index contributed by atoms with van der Waals surface area (Å²) >= 11 is 5.91. The number of nitrogens with zero attached hydrogens (tertiary/aromatic N) is 2. The smallest absolute Gasteiger partial charge is 0.131 e. The molecule has 3 heteroatoms. The molecule has 0 bridgehead atoms. The Kier molecular flexibility index (Phi) is 3.47. The van der Waals surface area contributed by atoms with Gasteiger partial charge < -0.3 is 4.90 Å². The van der Waals surface area contributed by atoms with Crippen LogP contribution in [0.25, 0.3) is 0 Å². The van der Waals surface area contributed by atoms with Crippen molar-refractivity contribution in [1.82, 2.24) is 4.98 Å². The van der Waals surface area contributed by atoms with Crippen molar-refractivity contribution < 1.29 is 0 Å². The predicted molar refractivity (Wildman–Crippen MR) is 64.5 cm³/mol. The molecule has 0 amide bonds. The van der Waals surface area contributed by atoms with Gasteiger partial charge in [0.2, 0.25) is 0 Å². The van der Waals surface area contributed by atoms with Gasteiger partial charge in [0.1, 0.15) is 11.0 Å². The highest BCUT2D eigenvalue weighted by Crippen LogP contribution is 2.31. The second-order valence-corrected chi connectivity index (χ2v) is 4.48. The van der Waals surface area contributed by atoms with Crippen molar-refractivity contribution in [3.8, 4) is 0 Å². The molecule has 2 nitrogen and oxygen atoms in total. The largest absolute Gasteiger partial charge is 0.354 e. The lowest BCUT2D eigenvalue weighted by Crippen LogP contribution is -2.27. The molecule has 1 aliphatic rings. The molecule has 1 aromatic heterocycles. The monoisotopic (exact) mass is 224 g/mol. The molecular formula is C12H17ClN2. The summed E-state index contributed by atoms with van der Waals surface area (Å²) in [7, 11) is 0. The molecule has 82 valence electrons. The van der Waals surface area contributed by atoms with Gasteiger partial charge in [0, 0.05) is 12.6 Å². The molecule has 1 fully saturated rings. The molecule has 0 radical (unpaired) electrons. The highest BCUT2D eigenvalue weighted by atomic mass is 35.5. The number of pyridine rings is 1. The lowest BCUT2D eigenvalue weighted by Gasteiger charge is -2.23. The number of hydrogen-bond donors (Lipinski definition) is 0. The number of rotatable bonds is 5.